The molecule has 2 rings (SSSR count). The fraction of sp³-hybridized carbons (Fsp3) is 0.400. The normalized spacial score (nSPS) is 10.5. The van der Waals surface area contributed by atoms with Crippen LogP contribution in [-0.4, -0.2) is 35.9 Å². The Morgan fingerprint density at radius 2 is 1.29 bits per heavy atom. The number of carboxylic acids is 1. The molecule has 0 heterocycles. The topological polar surface area (TPSA) is 89.9 Å². The van der Waals surface area contributed by atoms with Crippen LogP contribution in [0.3, 0.4) is 0 Å². The highest BCUT2D eigenvalue weighted by molar-refractivity contribution is 6.08. The molecule has 0 aromatic heterocycles. The molecule has 1 N–H and O–H groups in total. The first-order valence-electron chi connectivity index (χ1n) is 10.7. The lowest BCUT2D eigenvalue weighted by atomic mass is 10.0. The number of ketones is 2. The maximum absolute atomic E-state index is 12.1. The van der Waals surface area contributed by atoms with Gasteiger partial charge in [0.2, 0.25) is 0 Å². The third kappa shape index (κ3) is 9.03. The summed E-state index contributed by atoms with van der Waals surface area (Å²) in [5, 5.41) is 8.88. The molecule has 2 aromatic rings. The van der Waals surface area contributed by atoms with E-state index < -0.39 is 5.97 Å². The van der Waals surface area contributed by atoms with Gasteiger partial charge >= 0.3 is 5.97 Å². The molecule has 0 radical (unpaired) electrons. The van der Waals surface area contributed by atoms with Crippen LogP contribution in [0.25, 0.3) is 0 Å². The molecule has 0 saturated heterocycles. The Morgan fingerprint density at radius 3 is 1.84 bits per heavy atom. The number of ether oxygens (including phenoxy) is 2. The average Bonchev–Trinajstić information content (AvgIpc) is 2.77. The number of benzene rings is 2. The summed E-state index contributed by atoms with van der Waals surface area (Å²) >= 11 is 0. The summed E-state index contributed by atoms with van der Waals surface area (Å²) in [7, 11) is 0. The number of unbranched alkanes of at least 4 members (excludes halogenated alkanes) is 3. The monoisotopic (exact) mass is 426 g/mol. The van der Waals surface area contributed by atoms with Gasteiger partial charge in [-0.05, 0) is 49.2 Å². The summed E-state index contributed by atoms with van der Waals surface area (Å²) in [5.41, 5.74) is 0.439. The molecule has 6 heteroatoms. The molecule has 0 bridgehead atoms. The van der Waals surface area contributed by atoms with Crippen molar-refractivity contribution in [2.75, 3.05) is 13.2 Å². The van der Waals surface area contributed by atoms with Gasteiger partial charge in [-0.25, -0.2) is 4.79 Å². The van der Waals surface area contributed by atoms with Gasteiger partial charge in [-0.15, -0.1) is 0 Å². The van der Waals surface area contributed by atoms with E-state index in [1.165, 1.54) is 43.5 Å². The maximum atomic E-state index is 12.1. The SMILES string of the molecule is CCCCCCOc1ccc(OCCCC(=O)CC(=O)c2ccc(C(=O)O)cc2)cc1. The van der Waals surface area contributed by atoms with Crippen LogP contribution in [0.1, 0.15) is 72.6 Å². The molecule has 6 nitrogen and oxygen atoms in total. The summed E-state index contributed by atoms with van der Waals surface area (Å²) in [4.78, 5) is 35.0. The van der Waals surface area contributed by atoms with Crippen LogP contribution in [0, 0.1) is 0 Å². The predicted octanol–water partition coefficient (Wildman–Crippen LogP) is 5.35. The summed E-state index contributed by atoms with van der Waals surface area (Å²) in [5.74, 6) is -0.00942. The lowest BCUT2D eigenvalue weighted by Gasteiger charge is -2.09. The van der Waals surface area contributed by atoms with E-state index in [1.54, 1.807) is 0 Å². The van der Waals surface area contributed by atoms with Gasteiger partial charge in [0.15, 0.2) is 5.78 Å². The van der Waals surface area contributed by atoms with Crippen molar-refractivity contribution in [1.29, 1.82) is 0 Å². The van der Waals surface area contributed by atoms with Crippen LogP contribution in [-0.2, 0) is 4.79 Å². The number of carbonyl (C=O) groups is 3. The molecule has 0 aliphatic rings. The Balaban J connectivity index is 1.63. The number of aromatic carboxylic acids is 1. The molecule has 0 fully saturated rings. The molecule has 0 atom stereocenters. The highest BCUT2D eigenvalue weighted by Crippen LogP contribution is 2.18. The fourth-order valence-electron chi connectivity index (χ4n) is 2.98. The molecule has 2 aromatic carbocycles. The third-order valence-electron chi connectivity index (χ3n) is 4.77. The van der Waals surface area contributed by atoms with Crippen LogP contribution in [0.15, 0.2) is 48.5 Å². The van der Waals surface area contributed by atoms with Gasteiger partial charge in [0.1, 0.15) is 17.3 Å². The number of carboxylic acid groups (broad SMARTS) is 1. The van der Waals surface area contributed by atoms with Gasteiger partial charge in [0.25, 0.3) is 0 Å². The van der Waals surface area contributed by atoms with Gasteiger partial charge in [-0.1, -0.05) is 38.3 Å². The van der Waals surface area contributed by atoms with Crippen LogP contribution >= 0.6 is 0 Å². The molecular formula is C25H30O6. The number of carbonyl (C=O) groups excluding carboxylic acids is 2. The van der Waals surface area contributed by atoms with Gasteiger partial charge in [0, 0.05) is 12.0 Å². The second kappa shape index (κ2) is 13.2. The van der Waals surface area contributed by atoms with E-state index >= 15 is 0 Å². The third-order valence-corrected chi connectivity index (χ3v) is 4.77. The van der Waals surface area contributed by atoms with Crippen molar-refractivity contribution in [2.24, 2.45) is 0 Å². The molecule has 0 unspecified atom stereocenters. The van der Waals surface area contributed by atoms with E-state index in [-0.39, 0.29) is 30.0 Å². The Bertz CT molecular complexity index is 839. The van der Waals surface area contributed by atoms with Gasteiger partial charge < -0.3 is 14.6 Å². The number of hydrogen-bond donors (Lipinski definition) is 1. The second-order valence-electron chi connectivity index (χ2n) is 7.35. The molecule has 0 spiro atoms. The van der Waals surface area contributed by atoms with Gasteiger partial charge in [0.05, 0.1) is 25.2 Å². The van der Waals surface area contributed by atoms with Gasteiger partial charge in [-0.2, -0.15) is 0 Å². The number of rotatable bonds is 15. The smallest absolute Gasteiger partial charge is 0.335 e. The minimum Gasteiger partial charge on any atom is -0.494 e. The van der Waals surface area contributed by atoms with Crippen LogP contribution in [0.5, 0.6) is 11.5 Å². The Morgan fingerprint density at radius 1 is 0.742 bits per heavy atom. The Labute approximate surface area is 183 Å². The molecule has 0 amide bonds. The number of Topliss-reactive ketones (excluding diaryl/α,β-unsaturated/α-hetero) is 2. The van der Waals surface area contributed by atoms with Crippen molar-refractivity contribution in [1.82, 2.24) is 0 Å². The summed E-state index contributed by atoms with van der Waals surface area (Å²) < 4.78 is 11.3. The molecule has 0 aliphatic carbocycles. The summed E-state index contributed by atoms with van der Waals surface area (Å²) in [6.45, 7) is 3.27. The van der Waals surface area contributed by atoms with Crippen LogP contribution < -0.4 is 9.47 Å². The standard InChI is InChI=1S/C25H30O6/c1-2-3-4-5-16-30-22-12-14-23(15-13-22)31-17-6-7-21(26)18-24(27)19-8-10-20(11-9-19)25(28)29/h8-15H,2-7,16-18H2,1H3,(H,28,29). The lowest BCUT2D eigenvalue weighted by molar-refractivity contribution is -0.118. The zero-order valence-electron chi connectivity index (χ0n) is 18.0. The largest absolute Gasteiger partial charge is 0.494 e. The van der Waals surface area contributed by atoms with Crippen molar-refractivity contribution in [3.05, 3.63) is 59.7 Å². The second-order valence-corrected chi connectivity index (χ2v) is 7.35. The molecular weight excluding hydrogens is 396 g/mol. The van der Waals surface area contributed by atoms with Crippen molar-refractivity contribution in [3.63, 3.8) is 0 Å². The molecule has 166 valence electrons. The van der Waals surface area contributed by atoms with E-state index in [9.17, 15) is 14.4 Å². The first-order chi connectivity index (χ1) is 15.0. The zero-order valence-corrected chi connectivity index (χ0v) is 18.0. The molecule has 0 aliphatic heterocycles. The van der Waals surface area contributed by atoms with Gasteiger partial charge in [-0.3, -0.25) is 9.59 Å². The van der Waals surface area contributed by atoms with E-state index in [0.29, 0.717) is 30.9 Å². The van der Waals surface area contributed by atoms with Crippen LogP contribution in [0.4, 0.5) is 0 Å². The summed E-state index contributed by atoms with van der Waals surface area (Å²) in [6, 6.07) is 13.0. The quantitative estimate of drug-likeness (QED) is 0.235. The number of hydrogen-bond acceptors (Lipinski definition) is 5. The van der Waals surface area contributed by atoms with E-state index in [0.717, 1.165) is 12.2 Å². The molecule has 0 saturated carbocycles. The minimum atomic E-state index is -1.06. The highest BCUT2D eigenvalue weighted by atomic mass is 16.5. The van der Waals surface area contributed by atoms with Crippen LogP contribution in [0.2, 0.25) is 0 Å². The average molecular weight is 427 g/mol. The first-order valence-corrected chi connectivity index (χ1v) is 10.7. The maximum Gasteiger partial charge on any atom is 0.335 e. The highest BCUT2D eigenvalue weighted by Gasteiger charge is 2.13. The van der Waals surface area contributed by atoms with Crippen molar-refractivity contribution >= 4 is 17.5 Å². The fourth-order valence-corrected chi connectivity index (χ4v) is 2.98. The van der Waals surface area contributed by atoms with E-state index in [4.69, 9.17) is 14.6 Å². The lowest BCUT2D eigenvalue weighted by Crippen LogP contribution is -2.10. The van der Waals surface area contributed by atoms with Crippen molar-refractivity contribution in [3.8, 4) is 11.5 Å². The predicted molar refractivity (Wildman–Crippen MR) is 118 cm³/mol. The Hall–Kier alpha value is -3.15. The Kier molecular flexibility index (Phi) is 10.3. The van der Waals surface area contributed by atoms with Crippen molar-refractivity contribution < 1.29 is 29.0 Å². The summed E-state index contributed by atoms with van der Waals surface area (Å²) in [6.07, 6.45) is 5.23. The van der Waals surface area contributed by atoms with E-state index in [2.05, 4.69) is 6.92 Å². The first kappa shape index (κ1) is 24.1. The van der Waals surface area contributed by atoms with E-state index in [1.807, 2.05) is 24.3 Å². The minimum absolute atomic E-state index is 0.103. The zero-order chi connectivity index (χ0) is 22.5. The molecule has 31 heavy (non-hydrogen) atoms. The van der Waals surface area contributed by atoms with Crippen molar-refractivity contribution in [2.45, 2.75) is 51.9 Å².